The zero-order valence-electron chi connectivity index (χ0n) is 21.1. The first kappa shape index (κ1) is 30.6. The monoisotopic (exact) mass is 504 g/mol. The van der Waals surface area contributed by atoms with E-state index in [2.05, 4.69) is 4.74 Å². The van der Waals surface area contributed by atoms with Gasteiger partial charge in [-0.2, -0.15) is 26.3 Å². The van der Waals surface area contributed by atoms with Crippen LogP contribution < -0.4 is 0 Å². The Kier molecular flexibility index (Phi) is 9.56. The lowest BCUT2D eigenvalue weighted by Gasteiger charge is -2.45. The van der Waals surface area contributed by atoms with E-state index in [4.69, 9.17) is 4.74 Å². The second-order valence-corrected chi connectivity index (χ2v) is 10.9. The normalized spacial score (nSPS) is 20.1. The number of carbonyl (C=O) groups is 2. The van der Waals surface area contributed by atoms with Crippen LogP contribution in [0, 0.1) is 22.7 Å². The molecular weight excluding hydrogens is 466 g/mol. The highest BCUT2D eigenvalue weighted by molar-refractivity contribution is 5.79. The van der Waals surface area contributed by atoms with Crippen molar-refractivity contribution in [2.45, 2.75) is 117 Å². The molecule has 0 spiro atoms. The van der Waals surface area contributed by atoms with Crippen LogP contribution in [-0.4, -0.2) is 36.0 Å². The highest BCUT2D eigenvalue weighted by Crippen LogP contribution is 2.46. The number of esters is 2. The van der Waals surface area contributed by atoms with Gasteiger partial charge in [-0.25, -0.2) is 0 Å². The van der Waals surface area contributed by atoms with Crippen molar-refractivity contribution in [3.8, 4) is 0 Å². The Balaban J connectivity index is 3.28. The lowest BCUT2D eigenvalue weighted by molar-refractivity contribution is -0.315. The Morgan fingerprint density at radius 3 is 1.74 bits per heavy atom. The highest BCUT2D eigenvalue weighted by Gasteiger charge is 2.61. The maximum atomic E-state index is 13.5. The fraction of sp³-hybridized carbons (Fsp3) is 0.917. The number of ether oxygens (including phenoxy) is 2. The number of alkyl halides is 6. The fourth-order valence-corrected chi connectivity index (χ4v) is 4.46. The number of hydrogen-bond acceptors (Lipinski definition) is 4. The molecule has 0 aromatic rings. The van der Waals surface area contributed by atoms with Gasteiger partial charge in [0, 0.05) is 0 Å². The molecular formula is C24H38F6O4. The van der Waals surface area contributed by atoms with Crippen molar-refractivity contribution < 1.29 is 45.4 Å². The lowest BCUT2D eigenvalue weighted by Crippen LogP contribution is -2.53. The van der Waals surface area contributed by atoms with E-state index in [1.165, 1.54) is 6.92 Å². The summed E-state index contributed by atoms with van der Waals surface area (Å²) in [6.07, 6.45) is -12.5. The van der Waals surface area contributed by atoms with Crippen LogP contribution in [-0.2, 0) is 19.1 Å². The number of carbonyl (C=O) groups excluding carboxylic acids is 2. The van der Waals surface area contributed by atoms with Gasteiger partial charge >= 0.3 is 24.3 Å². The zero-order chi connectivity index (χ0) is 26.8. The van der Waals surface area contributed by atoms with Gasteiger partial charge in [-0.3, -0.25) is 9.59 Å². The smallest absolute Gasteiger partial charge is 0.434 e. The third kappa shape index (κ3) is 7.26. The van der Waals surface area contributed by atoms with Gasteiger partial charge in [-0.1, -0.05) is 47.5 Å². The molecule has 0 heterocycles. The molecule has 1 rings (SSSR count). The zero-order valence-corrected chi connectivity index (χ0v) is 21.1. The molecule has 0 radical (unpaired) electrons. The maximum absolute atomic E-state index is 13.5. The Labute approximate surface area is 198 Å². The molecule has 0 saturated heterocycles. The Morgan fingerprint density at radius 1 is 0.882 bits per heavy atom. The lowest BCUT2D eigenvalue weighted by atomic mass is 9.67. The van der Waals surface area contributed by atoms with E-state index in [1.54, 1.807) is 6.92 Å². The Morgan fingerprint density at radius 2 is 1.35 bits per heavy atom. The molecule has 1 fully saturated rings. The minimum Gasteiger partial charge on any atom is -0.458 e. The van der Waals surface area contributed by atoms with E-state index in [0.717, 1.165) is 12.8 Å². The molecule has 0 aromatic carbocycles. The van der Waals surface area contributed by atoms with Crippen LogP contribution in [0.15, 0.2) is 0 Å². The molecule has 2 atom stereocenters. The third-order valence-electron chi connectivity index (χ3n) is 7.51. The molecule has 0 aliphatic heterocycles. The third-order valence-corrected chi connectivity index (χ3v) is 7.51. The van der Waals surface area contributed by atoms with Crippen LogP contribution in [0.25, 0.3) is 0 Å². The molecule has 0 N–H and O–H groups in total. The summed E-state index contributed by atoms with van der Waals surface area (Å²) in [6, 6.07) is 0. The van der Waals surface area contributed by atoms with Crippen LogP contribution in [0.1, 0.15) is 93.4 Å². The minimum absolute atomic E-state index is 0.156. The average Bonchev–Trinajstić information content (AvgIpc) is 2.69. The Hall–Kier alpha value is -1.48. The summed E-state index contributed by atoms with van der Waals surface area (Å²) < 4.78 is 87.5. The van der Waals surface area contributed by atoms with E-state index < -0.39 is 47.3 Å². The summed E-state index contributed by atoms with van der Waals surface area (Å²) in [6.45, 7) is 12.6. The first-order chi connectivity index (χ1) is 15.2. The van der Waals surface area contributed by atoms with Crippen LogP contribution in [0.4, 0.5) is 26.3 Å². The van der Waals surface area contributed by atoms with Gasteiger partial charge < -0.3 is 9.47 Å². The highest BCUT2D eigenvalue weighted by atomic mass is 19.4. The first-order valence-electron chi connectivity index (χ1n) is 11.8. The van der Waals surface area contributed by atoms with Crippen molar-refractivity contribution in [3.05, 3.63) is 0 Å². The largest absolute Gasteiger partial charge is 0.458 e. The average molecular weight is 505 g/mol. The van der Waals surface area contributed by atoms with E-state index >= 15 is 0 Å². The molecule has 0 bridgehead atoms. The van der Waals surface area contributed by atoms with Gasteiger partial charge in [0.1, 0.15) is 5.60 Å². The van der Waals surface area contributed by atoms with E-state index in [0.29, 0.717) is 19.3 Å². The summed E-state index contributed by atoms with van der Waals surface area (Å²) >= 11 is 0. The van der Waals surface area contributed by atoms with Crippen LogP contribution in [0.5, 0.6) is 0 Å². The SMILES string of the molecule is CCC(C)(C)CC(C)(C(=O)OC1(C(C)C(=O)OC(C(F)(F)F)C(F)(F)F)CCCCC1)C(C)C. The standard InChI is InChI=1S/C24H38F6O4/c1-8-20(5,6)14-21(7,15(2)3)19(32)34-22(12-10-9-11-13-22)16(4)17(31)33-18(23(25,26)27)24(28,29)30/h15-16,18H,8-14H2,1-7H3. The number of rotatable bonds is 9. The van der Waals surface area contributed by atoms with Crippen LogP contribution in [0.3, 0.4) is 0 Å². The van der Waals surface area contributed by atoms with E-state index in [1.807, 2.05) is 34.6 Å². The van der Waals surface area contributed by atoms with Gasteiger partial charge in [-0.15, -0.1) is 0 Å². The van der Waals surface area contributed by atoms with Gasteiger partial charge in [-0.05, 0) is 57.3 Å². The molecule has 4 nitrogen and oxygen atoms in total. The topological polar surface area (TPSA) is 52.6 Å². The molecule has 200 valence electrons. The molecule has 1 saturated carbocycles. The molecule has 2 unspecified atom stereocenters. The first-order valence-corrected chi connectivity index (χ1v) is 11.8. The van der Waals surface area contributed by atoms with Crippen molar-refractivity contribution in [3.63, 3.8) is 0 Å². The molecule has 10 heteroatoms. The second-order valence-electron chi connectivity index (χ2n) is 10.9. The van der Waals surface area contributed by atoms with Crippen molar-refractivity contribution in [2.24, 2.45) is 22.7 Å². The van der Waals surface area contributed by atoms with Gasteiger partial charge in [0.05, 0.1) is 11.3 Å². The Bertz CT molecular complexity index is 693. The van der Waals surface area contributed by atoms with E-state index in [9.17, 15) is 35.9 Å². The van der Waals surface area contributed by atoms with Crippen molar-refractivity contribution >= 4 is 11.9 Å². The number of halogens is 6. The van der Waals surface area contributed by atoms with Gasteiger partial charge in [0.25, 0.3) is 6.10 Å². The van der Waals surface area contributed by atoms with Crippen molar-refractivity contribution in [1.82, 2.24) is 0 Å². The summed E-state index contributed by atoms with van der Waals surface area (Å²) in [5.41, 5.74) is -2.70. The second kappa shape index (κ2) is 10.6. The summed E-state index contributed by atoms with van der Waals surface area (Å²) in [7, 11) is 0. The summed E-state index contributed by atoms with van der Waals surface area (Å²) in [5, 5.41) is 0. The van der Waals surface area contributed by atoms with Crippen molar-refractivity contribution in [1.29, 1.82) is 0 Å². The van der Waals surface area contributed by atoms with Crippen LogP contribution >= 0.6 is 0 Å². The predicted octanol–water partition coefficient (Wildman–Crippen LogP) is 7.39. The van der Waals surface area contributed by atoms with Gasteiger partial charge in [0.2, 0.25) is 0 Å². The maximum Gasteiger partial charge on any atom is 0.434 e. The predicted molar refractivity (Wildman–Crippen MR) is 115 cm³/mol. The van der Waals surface area contributed by atoms with Crippen molar-refractivity contribution in [2.75, 3.05) is 0 Å². The van der Waals surface area contributed by atoms with E-state index in [-0.39, 0.29) is 24.2 Å². The fourth-order valence-electron chi connectivity index (χ4n) is 4.46. The van der Waals surface area contributed by atoms with Crippen LogP contribution in [0.2, 0.25) is 0 Å². The minimum atomic E-state index is -5.81. The molecule has 1 aliphatic carbocycles. The number of hydrogen-bond donors (Lipinski definition) is 0. The molecule has 1 aliphatic rings. The summed E-state index contributed by atoms with van der Waals surface area (Å²) in [5.74, 6) is -3.95. The molecule has 34 heavy (non-hydrogen) atoms. The summed E-state index contributed by atoms with van der Waals surface area (Å²) in [4.78, 5) is 26.1. The molecule has 0 aromatic heterocycles. The quantitative estimate of drug-likeness (QED) is 0.243. The molecule has 0 amide bonds. The van der Waals surface area contributed by atoms with Gasteiger partial charge in [0.15, 0.2) is 0 Å².